The number of aryl methyl sites for hydroxylation is 1. The van der Waals surface area contributed by atoms with Crippen molar-refractivity contribution in [3.63, 3.8) is 0 Å². The first-order chi connectivity index (χ1) is 14.1. The first kappa shape index (κ1) is 21.5. The summed E-state index contributed by atoms with van der Waals surface area (Å²) in [5, 5.41) is 0.348. The van der Waals surface area contributed by atoms with Gasteiger partial charge in [-0.05, 0) is 42.3 Å². The van der Waals surface area contributed by atoms with Crippen LogP contribution in [0.15, 0.2) is 46.1 Å². The van der Waals surface area contributed by atoms with Crippen molar-refractivity contribution >= 4 is 26.7 Å². The summed E-state index contributed by atoms with van der Waals surface area (Å²) in [7, 11) is -2.10. The Balaban J connectivity index is 2.07. The second-order valence-electron chi connectivity index (χ2n) is 6.81. The Morgan fingerprint density at radius 2 is 1.80 bits per heavy atom. The Labute approximate surface area is 172 Å². The average Bonchev–Trinajstić information content (AvgIpc) is 2.70. The van der Waals surface area contributed by atoms with E-state index >= 15 is 0 Å². The predicted octanol–water partition coefficient (Wildman–Crippen LogP) is 2.52. The molecule has 0 aliphatic rings. The zero-order valence-electron chi connectivity index (χ0n) is 16.6. The van der Waals surface area contributed by atoms with Crippen LogP contribution in [0.2, 0.25) is 0 Å². The molecule has 0 saturated carbocycles. The summed E-state index contributed by atoms with van der Waals surface area (Å²) in [6, 6.07) is 8.73. The minimum atomic E-state index is -3.33. The van der Waals surface area contributed by atoms with Gasteiger partial charge in [0, 0.05) is 23.6 Å². The van der Waals surface area contributed by atoms with E-state index in [1.54, 1.807) is 19.1 Å². The van der Waals surface area contributed by atoms with E-state index in [-0.39, 0.29) is 29.2 Å². The van der Waals surface area contributed by atoms with Crippen LogP contribution < -0.4 is 10.3 Å². The number of methoxy groups -OCH3 is 1. The molecule has 9 heteroatoms. The number of carbonyl (C=O) groups is 1. The van der Waals surface area contributed by atoms with Gasteiger partial charge in [-0.3, -0.25) is 4.79 Å². The molecule has 1 aromatic heterocycles. The van der Waals surface area contributed by atoms with Crippen LogP contribution in [0.5, 0.6) is 5.75 Å². The van der Waals surface area contributed by atoms with Gasteiger partial charge in [-0.1, -0.05) is 12.1 Å². The van der Waals surface area contributed by atoms with Gasteiger partial charge in [0.15, 0.2) is 16.4 Å². The van der Waals surface area contributed by atoms with Crippen LogP contribution in [0.25, 0.3) is 10.9 Å². The summed E-state index contributed by atoms with van der Waals surface area (Å²) >= 11 is 0. The summed E-state index contributed by atoms with van der Waals surface area (Å²) in [4.78, 5) is 26.8. The number of hydrogen-bond acceptors (Lipinski definition) is 6. The average molecular weight is 433 g/mol. The zero-order valence-corrected chi connectivity index (χ0v) is 17.4. The van der Waals surface area contributed by atoms with Gasteiger partial charge in [-0.25, -0.2) is 17.6 Å². The van der Waals surface area contributed by atoms with Gasteiger partial charge in [0.05, 0.1) is 17.5 Å². The summed E-state index contributed by atoms with van der Waals surface area (Å²) in [6.07, 6.45) is 1.32. The molecule has 0 aliphatic heterocycles. The fourth-order valence-electron chi connectivity index (χ4n) is 3.15. The van der Waals surface area contributed by atoms with Gasteiger partial charge in [0.1, 0.15) is 11.6 Å². The number of sulfone groups is 1. The highest BCUT2D eigenvalue weighted by atomic mass is 32.2. The molecule has 7 nitrogen and oxygen atoms in total. The summed E-state index contributed by atoms with van der Waals surface area (Å²) in [6.45, 7) is 1.31. The SMILES string of the molecule is COC(=O)COc1ccc(F)c2[nH]c(=O)c(Cc3ccc(S(C)(=O)=O)cc3)c(C)c12. The van der Waals surface area contributed by atoms with Crippen LogP contribution >= 0.6 is 0 Å². The van der Waals surface area contributed by atoms with Crippen molar-refractivity contribution in [3.05, 3.63) is 69.3 Å². The molecule has 0 aliphatic carbocycles. The van der Waals surface area contributed by atoms with Gasteiger partial charge >= 0.3 is 5.97 Å². The lowest BCUT2D eigenvalue weighted by molar-refractivity contribution is -0.142. The smallest absolute Gasteiger partial charge is 0.343 e. The third-order valence-electron chi connectivity index (χ3n) is 4.76. The lowest BCUT2D eigenvalue weighted by Crippen LogP contribution is -2.17. The number of aromatic nitrogens is 1. The molecule has 1 heterocycles. The van der Waals surface area contributed by atoms with Crippen LogP contribution in [0.1, 0.15) is 16.7 Å². The van der Waals surface area contributed by atoms with Gasteiger partial charge in [0.2, 0.25) is 0 Å². The zero-order chi connectivity index (χ0) is 22.1. The van der Waals surface area contributed by atoms with Crippen molar-refractivity contribution in [2.45, 2.75) is 18.2 Å². The maximum atomic E-state index is 14.3. The lowest BCUT2D eigenvalue weighted by Gasteiger charge is -2.14. The molecule has 158 valence electrons. The largest absolute Gasteiger partial charge is 0.481 e. The molecule has 30 heavy (non-hydrogen) atoms. The van der Waals surface area contributed by atoms with Crippen LogP contribution in [0.4, 0.5) is 4.39 Å². The molecule has 0 fully saturated rings. The highest BCUT2D eigenvalue weighted by Gasteiger charge is 2.17. The fourth-order valence-corrected chi connectivity index (χ4v) is 3.78. The number of benzene rings is 2. The number of halogens is 1. The Morgan fingerprint density at radius 1 is 1.13 bits per heavy atom. The standard InChI is InChI=1S/C21H20FNO6S/c1-12-15(10-13-4-6-14(7-5-13)30(3,26)27)21(25)23-20-16(22)8-9-17(19(12)20)29-11-18(24)28-2/h4-9H,10-11H2,1-3H3,(H,23,25). The van der Waals surface area contributed by atoms with Gasteiger partial charge < -0.3 is 14.5 Å². The van der Waals surface area contributed by atoms with E-state index in [0.29, 0.717) is 22.1 Å². The van der Waals surface area contributed by atoms with Crippen molar-refractivity contribution in [1.29, 1.82) is 0 Å². The summed E-state index contributed by atoms with van der Waals surface area (Å²) < 4.78 is 47.6. The number of rotatable bonds is 6. The molecular formula is C21H20FNO6S. The third-order valence-corrected chi connectivity index (χ3v) is 5.89. The fraction of sp³-hybridized carbons (Fsp3) is 0.238. The number of H-pyrrole nitrogens is 1. The van der Waals surface area contributed by atoms with E-state index in [4.69, 9.17) is 4.74 Å². The van der Waals surface area contributed by atoms with E-state index in [9.17, 15) is 22.4 Å². The third kappa shape index (κ3) is 4.35. The van der Waals surface area contributed by atoms with Crippen molar-refractivity contribution < 1.29 is 27.1 Å². The number of carbonyl (C=O) groups excluding carboxylic acids is 1. The van der Waals surface area contributed by atoms with Crippen LogP contribution in [-0.4, -0.2) is 39.3 Å². The van der Waals surface area contributed by atoms with Crippen LogP contribution in [-0.2, 0) is 25.8 Å². The molecule has 0 spiro atoms. The minimum Gasteiger partial charge on any atom is -0.481 e. The van der Waals surface area contributed by atoms with Gasteiger partial charge in [-0.15, -0.1) is 0 Å². The molecule has 0 amide bonds. The van der Waals surface area contributed by atoms with Crippen molar-refractivity contribution in [1.82, 2.24) is 4.98 Å². The number of fused-ring (bicyclic) bond motifs is 1. The minimum absolute atomic E-state index is 0.0176. The first-order valence-corrected chi connectivity index (χ1v) is 10.8. The number of esters is 1. The van der Waals surface area contributed by atoms with E-state index < -0.39 is 27.2 Å². The monoisotopic (exact) mass is 433 g/mol. The molecule has 3 aromatic rings. The second-order valence-corrected chi connectivity index (χ2v) is 8.83. The van der Waals surface area contributed by atoms with Gasteiger partial charge in [0.25, 0.3) is 5.56 Å². The molecule has 0 atom stereocenters. The maximum Gasteiger partial charge on any atom is 0.343 e. The second kappa shape index (κ2) is 8.27. The van der Waals surface area contributed by atoms with E-state index in [1.807, 2.05) is 0 Å². The predicted molar refractivity (Wildman–Crippen MR) is 109 cm³/mol. The van der Waals surface area contributed by atoms with Crippen molar-refractivity contribution in [2.75, 3.05) is 20.0 Å². The highest BCUT2D eigenvalue weighted by molar-refractivity contribution is 7.90. The van der Waals surface area contributed by atoms with E-state index in [1.165, 1.54) is 25.3 Å². The number of hydrogen-bond donors (Lipinski definition) is 1. The first-order valence-electron chi connectivity index (χ1n) is 8.94. The highest BCUT2D eigenvalue weighted by Crippen LogP contribution is 2.30. The molecule has 1 N–H and O–H groups in total. The van der Waals surface area contributed by atoms with Gasteiger partial charge in [-0.2, -0.15) is 0 Å². The number of pyridine rings is 1. The molecule has 3 rings (SSSR count). The van der Waals surface area contributed by atoms with Crippen LogP contribution in [0, 0.1) is 12.7 Å². The lowest BCUT2D eigenvalue weighted by atomic mass is 9.98. The number of aromatic amines is 1. The molecule has 2 aromatic carbocycles. The summed E-state index contributed by atoms with van der Waals surface area (Å²) in [5.41, 5.74) is 1.11. The normalized spacial score (nSPS) is 11.5. The topological polar surface area (TPSA) is 103 Å². The molecule has 0 bridgehead atoms. The van der Waals surface area contributed by atoms with Crippen LogP contribution in [0.3, 0.4) is 0 Å². The molecule has 0 unspecified atom stereocenters. The summed E-state index contributed by atoms with van der Waals surface area (Å²) in [5.74, 6) is -0.986. The van der Waals surface area contributed by atoms with Crippen molar-refractivity contribution in [2.24, 2.45) is 0 Å². The quantitative estimate of drug-likeness (QED) is 0.600. The Bertz CT molecular complexity index is 1280. The van der Waals surface area contributed by atoms with Crippen molar-refractivity contribution in [3.8, 4) is 5.75 Å². The Kier molecular flexibility index (Phi) is 5.93. The maximum absolute atomic E-state index is 14.3. The molecule has 0 radical (unpaired) electrons. The number of nitrogens with one attached hydrogen (secondary N) is 1. The Hall–Kier alpha value is -3.20. The molecule has 0 saturated heterocycles. The van der Waals surface area contributed by atoms with E-state index in [2.05, 4.69) is 9.72 Å². The molecular weight excluding hydrogens is 413 g/mol. The van der Waals surface area contributed by atoms with E-state index in [0.717, 1.165) is 12.3 Å². The number of ether oxygens (including phenoxy) is 2. The Morgan fingerprint density at radius 3 is 2.40 bits per heavy atom.